The van der Waals surface area contributed by atoms with Crippen LogP contribution in [0, 0.1) is 0 Å². The molecule has 0 spiro atoms. The van der Waals surface area contributed by atoms with Crippen molar-refractivity contribution in [3.8, 4) is 0 Å². The molecule has 0 bridgehead atoms. The molecular weight excluding hydrogens is 364 g/mol. The number of carbonyl (C=O) groups excluding carboxylic acids is 1. The fraction of sp³-hybridized carbons (Fsp3) is 0.167. The monoisotopic (exact) mass is 388 g/mol. The van der Waals surface area contributed by atoms with Crippen LogP contribution in [0.5, 0.6) is 0 Å². The quantitative estimate of drug-likeness (QED) is 0.604. The molecule has 0 aliphatic rings. The third kappa shape index (κ3) is 5.09. The zero-order chi connectivity index (χ0) is 21.0. The van der Waals surface area contributed by atoms with Crippen molar-refractivity contribution in [1.82, 2.24) is 4.90 Å². The van der Waals surface area contributed by atoms with E-state index < -0.39 is 5.97 Å². The van der Waals surface area contributed by atoms with Crippen molar-refractivity contribution in [2.75, 3.05) is 19.4 Å². The lowest BCUT2D eigenvalue weighted by molar-refractivity contribution is -0.111. The number of allylic oxidation sites excluding steroid dienone is 1. The van der Waals surface area contributed by atoms with Crippen LogP contribution < -0.4 is 5.32 Å². The van der Waals surface area contributed by atoms with E-state index in [4.69, 9.17) is 0 Å². The predicted molar refractivity (Wildman–Crippen MR) is 117 cm³/mol. The van der Waals surface area contributed by atoms with E-state index in [0.717, 1.165) is 27.5 Å². The van der Waals surface area contributed by atoms with Crippen LogP contribution in [0.2, 0.25) is 0 Å². The Kier molecular flexibility index (Phi) is 6.10. The molecule has 5 nitrogen and oxygen atoms in total. The van der Waals surface area contributed by atoms with Gasteiger partial charge in [-0.05, 0) is 66.7 Å². The van der Waals surface area contributed by atoms with Crippen molar-refractivity contribution < 1.29 is 14.7 Å². The van der Waals surface area contributed by atoms with E-state index in [9.17, 15) is 14.7 Å². The van der Waals surface area contributed by atoms with Crippen molar-refractivity contribution in [2.45, 2.75) is 13.5 Å². The number of carbonyl (C=O) groups is 2. The van der Waals surface area contributed by atoms with Gasteiger partial charge >= 0.3 is 5.97 Å². The van der Waals surface area contributed by atoms with E-state index in [-0.39, 0.29) is 11.5 Å². The number of hydrogen-bond donors (Lipinski definition) is 2. The van der Waals surface area contributed by atoms with Gasteiger partial charge in [0.2, 0.25) is 5.91 Å². The Morgan fingerprint density at radius 3 is 2.41 bits per heavy atom. The summed E-state index contributed by atoms with van der Waals surface area (Å²) in [6, 6.07) is 19.1. The van der Waals surface area contributed by atoms with Crippen LogP contribution in [0.3, 0.4) is 0 Å². The summed E-state index contributed by atoms with van der Waals surface area (Å²) in [7, 11) is 3.86. The highest BCUT2D eigenvalue weighted by Gasteiger charge is 2.13. The number of rotatable bonds is 6. The van der Waals surface area contributed by atoms with Gasteiger partial charge in [0.25, 0.3) is 0 Å². The smallest absolute Gasteiger partial charge is 0.337 e. The highest BCUT2D eigenvalue weighted by molar-refractivity contribution is 6.07. The summed E-state index contributed by atoms with van der Waals surface area (Å²) in [5.74, 6) is -1.44. The average Bonchev–Trinajstić information content (AvgIpc) is 2.67. The van der Waals surface area contributed by atoms with Gasteiger partial charge in [-0.25, -0.2) is 4.79 Å². The van der Waals surface area contributed by atoms with Gasteiger partial charge in [-0.15, -0.1) is 0 Å². The lowest BCUT2D eigenvalue weighted by Gasteiger charge is -2.13. The topological polar surface area (TPSA) is 69.6 Å². The number of carboxylic acid groups (broad SMARTS) is 1. The molecule has 0 aliphatic carbocycles. The predicted octanol–water partition coefficient (Wildman–Crippen LogP) is 4.64. The number of amides is 1. The molecule has 29 heavy (non-hydrogen) atoms. The second kappa shape index (κ2) is 8.71. The molecule has 0 atom stereocenters. The van der Waals surface area contributed by atoms with Crippen LogP contribution in [-0.4, -0.2) is 36.0 Å². The summed E-state index contributed by atoms with van der Waals surface area (Å²) in [6.45, 7) is 2.51. The number of fused-ring (bicyclic) bond motifs is 1. The van der Waals surface area contributed by atoms with Crippen molar-refractivity contribution in [3.63, 3.8) is 0 Å². The first-order chi connectivity index (χ1) is 13.8. The largest absolute Gasteiger partial charge is 0.478 e. The molecule has 5 heteroatoms. The first kappa shape index (κ1) is 20.3. The molecule has 0 fully saturated rings. The van der Waals surface area contributed by atoms with Crippen LogP contribution >= 0.6 is 0 Å². The third-order valence-corrected chi connectivity index (χ3v) is 4.62. The molecule has 0 saturated heterocycles. The SMILES string of the molecule is C/C(=C/C(=O)Nc1cc(CN(C)C)ccc1C(=O)O)c1ccc2ccccc2c1. The van der Waals surface area contributed by atoms with E-state index in [1.165, 1.54) is 12.1 Å². The van der Waals surface area contributed by atoms with Gasteiger partial charge in [0, 0.05) is 12.6 Å². The minimum absolute atomic E-state index is 0.0672. The van der Waals surface area contributed by atoms with Crippen LogP contribution in [0.15, 0.2) is 66.7 Å². The number of carboxylic acids is 1. The zero-order valence-corrected chi connectivity index (χ0v) is 16.8. The molecule has 1 amide bonds. The summed E-state index contributed by atoms with van der Waals surface area (Å²) >= 11 is 0. The standard InChI is InChI=1S/C24H24N2O3/c1-16(19-10-9-18-6-4-5-7-20(18)14-19)12-23(27)25-22-13-17(15-26(2)3)8-11-21(22)24(28)29/h4-14H,15H2,1-3H3,(H,25,27)(H,28,29)/b16-12-. The number of aromatic carboxylic acids is 1. The lowest BCUT2D eigenvalue weighted by Crippen LogP contribution is -2.15. The van der Waals surface area contributed by atoms with E-state index >= 15 is 0 Å². The summed E-state index contributed by atoms with van der Waals surface area (Å²) in [6.07, 6.45) is 1.49. The fourth-order valence-corrected chi connectivity index (χ4v) is 3.23. The number of nitrogens with zero attached hydrogens (tertiary/aromatic N) is 1. The van der Waals surface area contributed by atoms with Gasteiger partial charge < -0.3 is 15.3 Å². The van der Waals surface area contributed by atoms with Crippen molar-refractivity contribution >= 4 is 33.9 Å². The van der Waals surface area contributed by atoms with E-state index in [1.807, 2.05) is 68.4 Å². The molecule has 0 radical (unpaired) electrons. The Morgan fingerprint density at radius 2 is 1.72 bits per heavy atom. The minimum Gasteiger partial charge on any atom is -0.478 e. The number of anilines is 1. The zero-order valence-electron chi connectivity index (χ0n) is 16.8. The molecule has 3 rings (SSSR count). The highest BCUT2D eigenvalue weighted by atomic mass is 16.4. The Bertz CT molecular complexity index is 1100. The summed E-state index contributed by atoms with van der Waals surface area (Å²) in [4.78, 5) is 26.1. The molecule has 3 aromatic carbocycles. The van der Waals surface area contributed by atoms with Crippen LogP contribution in [-0.2, 0) is 11.3 Å². The van der Waals surface area contributed by atoms with E-state index in [0.29, 0.717) is 12.2 Å². The van der Waals surface area contributed by atoms with E-state index in [2.05, 4.69) is 5.32 Å². The second-order valence-corrected chi connectivity index (χ2v) is 7.30. The van der Waals surface area contributed by atoms with Crippen molar-refractivity contribution in [3.05, 3.63) is 83.4 Å². The third-order valence-electron chi connectivity index (χ3n) is 4.62. The summed E-state index contributed by atoms with van der Waals surface area (Å²) < 4.78 is 0. The number of nitrogens with one attached hydrogen (secondary N) is 1. The highest BCUT2D eigenvalue weighted by Crippen LogP contribution is 2.22. The van der Waals surface area contributed by atoms with Crippen LogP contribution in [0.4, 0.5) is 5.69 Å². The number of benzene rings is 3. The molecule has 148 valence electrons. The summed E-state index contributed by atoms with van der Waals surface area (Å²) in [5, 5.41) is 14.4. The minimum atomic E-state index is -1.08. The van der Waals surface area contributed by atoms with E-state index in [1.54, 1.807) is 12.1 Å². The van der Waals surface area contributed by atoms with Gasteiger partial charge in [-0.1, -0.05) is 42.5 Å². The van der Waals surface area contributed by atoms with Gasteiger partial charge in [-0.2, -0.15) is 0 Å². The Labute approximate surface area is 170 Å². The van der Waals surface area contributed by atoms with Gasteiger partial charge in [0.05, 0.1) is 11.3 Å². The maximum absolute atomic E-state index is 12.6. The van der Waals surface area contributed by atoms with Gasteiger partial charge in [0.1, 0.15) is 0 Å². The molecule has 0 saturated carbocycles. The molecule has 0 aliphatic heterocycles. The van der Waals surface area contributed by atoms with Crippen molar-refractivity contribution in [2.24, 2.45) is 0 Å². The summed E-state index contributed by atoms with van der Waals surface area (Å²) in [5.41, 5.74) is 3.03. The first-order valence-corrected chi connectivity index (χ1v) is 9.33. The van der Waals surface area contributed by atoms with Crippen LogP contribution in [0.1, 0.15) is 28.4 Å². The number of hydrogen-bond acceptors (Lipinski definition) is 3. The second-order valence-electron chi connectivity index (χ2n) is 7.30. The molecule has 0 unspecified atom stereocenters. The maximum atomic E-state index is 12.6. The molecular formula is C24H24N2O3. The fourth-order valence-electron chi connectivity index (χ4n) is 3.23. The normalized spacial score (nSPS) is 11.7. The maximum Gasteiger partial charge on any atom is 0.337 e. The lowest BCUT2D eigenvalue weighted by atomic mass is 10.0. The van der Waals surface area contributed by atoms with Crippen molar-refractivity contribution in [1.29, 1.82) is 0 Å². The molecule has 3 aromatic rings. The van der Waals surface area contributed by atoms with Crippen LogP contribution in [0.25, 0.3) is 16.3 Å². The molecule has 0 aromatic heterocycles. The first-order valence-electron chi connectivity index (χ1n) is 9.33. The molecule has 2 N–H and O–H groups in total. The average molecular weight is 388 g/mol. The van der Waals surface area contributed by atoms with Gasteiger partial charge in [0.15, 0.2) is 0 Å². The Hall–Kier alpha value is -3.44. The Balaban J connectivity index is 1.85. The van der Waals surface area contributed by atoms with Gasteiger partial charge in [-0.3, -0.25) is 4.79 Å². The molecule has 0 heterocycles. The Morgan fingerprint density at radius 1 is 1.00 bits per heavy atom.